The first kappa shape index (κ1) is 21.5. The average molecular weight is 436 g/mol. The van der Waals surface area contributed by atoms with E-state index in [0.717, 1.165) is 41.8 Å². The van der Waals surface area contributed by atoms with E-state index in [-0.39, 0.29) is 5.91 Å². The molecule has 1 aromatic heterocycles. The van der Waals surface area contributed by atoms with Gasteiger partial charge >= 0.3 is 0 Å². The molecule has 0 aliphatic rings. The molecular weight excluding hydrogens is 406 g/mol. The molecule has 0 fully saturated rings. The van der Waals surface area contributed by atoms with Crippen molar-refractivity contribution in [2.24, 2.45) is 7.05 Å². The van der Waals surface area contributed by atoms with Crippen LogP contribution in [0.4, 0.5) is 0 Å². The number of aromatic nitrogens is 2. The Bertz CT molecular complexity index is 715. The fraction of sp³-hybridized carbons (Fsp3) is 0.524. The third kappa shape index (κ3) is 7.37. The van der Waals surface area contributed by atoms with Crippen LogP contribution in [0.1, 0.15) is 60.8 Å². The number of carbonyl (C=O) groups excluding carboxylic acids is 1. The topological polar surface area (TPSA) is 56.1 Å². The first-order valence-corrected chi connectivity index (χ1v) is 10.8. The predicted molar refractivity (Wildman–Crippen MR) is 113 cm³/mol. The molecule has 1 amide bonds. The summed E-state index contributed by atoms with van der Waals surface area (Å²) in [4.78, 5) is 12.4. The van der Waals surface area contributed by atoms with Gasteiger partial charge in [-0.15, -0.1) is 0 Å². The standard InChI is InChI=1S/C21H30BrN3O2/c1-3-18-15-20(25(2)24-18)21(26)23-16-17-10-9-11-19(14-17)27-13-8-6-4-5-7-12-22/h9-11,14-15H,3-8,12-13,16H2,1-2H3,(H,23,26). The summed E-state index contributed by atoms with van der Waals surface area (Å²) >= 11 is 3.46. The quantitative estimate of drug-likeness (QED) is 0.390. The zero-order chi connectivity index (χ0) is 19.5. The molecule has 0 saturated heterocycles. The van der Waals surface area contributed by atoms with Crippen molar-refractivity contribution < 1.29 is 9.53 Å². The summed E-state index contributed by atoms with van der Waals surface area (Å²) in [6.45, 7) is 3.23. The number of halogens is 1. The van der Waals surface area contributed by atoms with Gasteiger partial charge in [-0.2, -0.15) is 5.10 Å². The highest BCUT2D eigenvalue weighted by atomic mass is 79.9. The number of rotatable bonds is 12. The van der Waals surface area contributed by atoms with Gasteiger partial charge in [0.1, 0.15) is 11.4 Å². The highest BCUT2D eigenvalue weighted by Crippen LogP contribution is 2.15. The van der Waals surface area contributed by atoms with Crippen LogP contribution in [0.5, 0.6) is 5.75 Å². The zero-order valence-electron chi connectivity index (χ0n) is 16.3. The van der Waals surface area contributed by atoms with Crippen molar-refractivity contribution in [1.82, 2.24) is 15.1 Å². The maximum Gasteiger partial charge on any atom is 0.269 e. The van der Waals surface area contributed by atoms with Crippen molar-refractivity contribution in [2.75, 3.05) is 11.9 Å². The Morgan fingerprint density at radius 2 is 1.96 bits per heavy atom. The number of carbonyl (C=O) groups is 1. The Labute approximate surface area is 170 Å². The van der Waals surface area contributed by atoms with Gasteiger partial charge in [0.25, 0.3) is 5.91 Å². The largest absolute Gasteiger partial charge is 0.494 e. The van der Waals surface area contributed by atoms with E-state index in [2.05, 4.69) is 26.3 Å². The molecule has 0 bridgehead atoms. The van der Waals surface area contributed by atoms with Crippen LogP contribution in [0.15, 0.2) is 30.3 Å². The minimum Gasteiger partial charge on any atom is -0.494 e. The molecule has 6 heteroatoms. The van der Waals surface area contributed by atoms with Gasteiger partial charge in [0.05, 0.1) is 12.3 Å². The van der Waals surface area contributed by atoms with Crippen LogP contribution in [-0.2, 0) is 20.0 Å². The summed E-state index contributed by atoms with van der Waals surface area (Å²) in [6, 6.07) is 9.75. The Morgan fingerprint density at radius 3 is 2.70 bits per heavy atom. The lowest BCUT2D eigenvalue weighted by molar-refractivity contribution is 0.0941. The number of benzene rings is 1. The van der Waals surface area contributed by atoms with E-state index in [9.17, 15) is 4.79 Å². The smallest absolute Gasteiger partial charge is 0.269 e. The lowest BCUT2D eigenvalue weighted by Crippen LogP contribution is -2.25. The van der Waals surface area contributed by atoms with Crippen molar-refractivity contribution in [3.63, 3.8) is 0 Å². The first-order chi connectivity index (χ1) is 13.1. The van der Waals surface area contributed by atoms with Gasteiger partial charge in [-0.25, -0.2) is 0 Å². The number of ether oxygens (including phenoxy) is 1. The number of hydrogen-bond donors (Lipinski definition) is 1. The molecule has 148 valence electrons. The molecule has 0 saturated carbocycles. The maximum absolute atomic E-state index is 12.4. The number of alkyl halides is 1. The molecular formula is C21H30BrN3O2. The van der Waals surface area contributed by atoms with Gasteiger partial charge in [0.15, 0.2) is 0 Å². The number of nitrogens with one attached hydrogen (secondary N) is 1. The third-order valence-electron chi connectivity index (χ3n) is 4.42. The fourth-order valence-corrected chi connectivity index (χ4v) is 3.24. The predicted octanol–water partition coefficient (Wildman–Crippen LogP) is 4.64. The minimum absolute atomic E-state index is 0.112. The molecule has 0 aliphatic heterocycles. The average Bonchev–Trinajstić information content (AvgIpc) is 3.07. The molecule has 2 aromatic rings. The van der Waals surface area contributed by atoms with Crippen LogP contribution in [0, 0.1) is 0 Å². The fourth-order valence-electron chi connectivity index (χ4n) is 2.85. The van der Waals surface area contributed by atoms with E-state index in [1.54, 1.807) is 11.7 Å². The monoisotopic (exact) mass is 435 g/mol. The lowest BCUT2D eigenvalue weighted by atomic mass is 10.2. The second-order valence-electron chi connectivity index (χ2n) is 6.63. The van der Waals surface area contributed by atoms with E-state index in [0.29, 0.717) is 12.2 Å². The van der Waals surface area contributed by atoms with Crippen LogP contribution in [0.2, 0.25) is 0 Å². The van der Waals surface area contributed by atoms with E-state index >= 15 is 0 Å². The molecule has 1 N–H and O–H groups in total. The number of aryl methyl sites for hydroxylation is 2. The van der Waals surface area contributed by atoms with Crippen molar-refractivity contribution in [2.45, 2.75) is 52.0 Å². The van der Waals surface area contributed by atoms with Gasteiger partial charge < -0.3 is 10.1 Å². The first-order valence-electron chi connectivity index (χ1n) is 9.73. The van der Waals surface area contributed by atoms with Crippen LogP contribution >= 0.6 is 15.9 Å². The maximum atomic E-state index is 12.4. The molecule has 1 heterocycles. The molecule has 0 spiro atoms. The van der Waals surface area contributed by atoms with Crippen molar-refractivity contribution in [3.05, 3.63) is 47.3 Å². The normalized spacial score (nSPS) is 10.8. The number of unbranched alkanes of at least 4 members (excludes halogenated alkanes) is 4. The van der Waals surface area contributed by atoms with Gasteiger partial charge in [0.2, 0.25) is 0 Å². The molecule has 2 rings (SSSR count). The van der Waals surface area contributed by atoms with Gasteiger partial charge in [-0.1, -0.05) is 54.2 Å². The van der Waals surface area contributed by atoms with Gasteiger partial charge in [-0.05, 0) is 43.0 Å². The van der Waals surface area contributed by atoms with Crippen molar-refractivity contribution >= 4 is 21.8 Å². The zero-order valence-corrected chi connectivity index (χ0v) is 17.9. The Kier molecular flexibility index (Phi) is 9.39. The van der Waals surface area contributed by atoms with Gasteiger partial charge in [-0.3, -0.25) is 9.48 Å². The van der Waals surface area contributed by atoms with E-state index in [1.165, 1.54) is 25.7 Å². The summed E-state index contributed by atoms with van der Waals surface area (Å²) in [6.07, 6.45) is 6.87. The summed E-state index contributed by atoms with van der Waals surface area (Å²) in [7, 11) is 1.79. The molecule has 27 heavy (non-hydrogen) atoms. The van der Waals surface area contributed by atoms with Crippen molar-refractivity contribution in [3.8, 4) is 5.75 Å². The summed E-state index contributed by atoms with van der Waals surface area (Å²) < 4.78 is 7.48. The molecule has 0 atom stereocenters. The van der Waals surface area contributed by atoms with Crippen LogP contribution in [-0.4, -0.2) is 27.6 Å². The summed E-state index contributed by atoms with van der Waals surface area (Å²) in [5, 5.41) is 8.37. The van der Waals surface area contributed by atoms with E-state index < -0.39 is 0 Å². The molecule has 0 unspecified atom stereocenters. The van der Waals surface area contributed by atoms with Crippen LogP contribution < -0.4 is 10.1 Å². The molecule has 0 radical (unpaired) electrons. The van der Waals surface area contributed by atoms with Crippen LogP contribution in [0.3, 0.4) is 0 Å². The minimum atomic E-state index is -0.112. The highest BCUT2D eigenvalue weighted by molar-refractivity contribution is 9.09. The number of nitrogens with zero attached hydrogens (tertiary/aromatic N) is 2. The molecule has 1 aromatic carbocycles. The number of hydrogen-bond acceptors (Lipinski definition) is 3. The Morgan fingerprint density at radius 1 is 1.19 bits per heavy atom. The highest BCUT2D eigenvalue weighted by Gasteiger charge is 2.12. The van der Waals surface area contributed by atoms with Crippen molar-refractivity contribution in [1.29, 1.82) is 0 Å². The Hall–Kier alpha value is -1.82. The summed E-state index contributed by atoms with van der Waals surface area (Å²) in [5.41, 5.74) is 2.53. The second kappa shape index (κ2) is 11.8. The van der Waals surface area contributed by atoms with Crippen LogP contribution in [0.25, 0.3) is 0 Å². The van der Waals surface area contributed by atoms with E-state index in [4.69, 9.17) is 4.74 Å². The molecule has 0 aliphatic carbocycles. The van der Waals surface area contributed by atoms with Gasteiger partial charge in [0, 0.05) is 18.9 Å². The van der Waals surface area contributed by atoms with E-state index in [1.807, 2.05) is 37.3 Å². The third-order valence-corrected chi connectivity index (χ3v) is 4.98. The second-order valence-corrected chi connectivity index (χ2v) is 7.43. The number of amides is 1. The summed E-state index contributed by atoms with van der Waals surface area (Å²) in [5.74, 6) is 0.746. The molecule has 5 nitrogen and oxygen atoms in total. The SMILES string of the molecule is CCc1cc(C(=O)NCc2cccc(OCCCCCCCBr)c2)n(C)n1. The lowest BCUT2D eigenvalue weighted by Gasteiger charge is -2.09. The Balaban J connectivity index is 1.76.